The van der Waals surface area contributed by atoms with Gasteiger partial charge in [-0.25, -0.2) is 0 Å². The third-order valence-corrected chi connectivity index (χ3v) is 2.98. The van der Waals surface area contributed by atoms with Crippen LogP contribution in [0.4, 0.5) is 10.8 Å². The minimum atomic E-state index is -0.766. The Balaban J connectivity index is 1.98. The monoisotopic (exact) mass is 276 g/mol. The number of benzene rings is 1. The summed E-state index contributed by atoms with van der Waals surface area (Å²) >= 11 is 1.21. The van der Waals surface area contributed by atoms with Crippen molar-refractivity contribution >= 4 is 34.0 Å². The molecule has 1 heterocycles. The van der Waals surface area contributed by atoms with Crippen LogP contribution in [0, 0.1) is 13.8 Å². The second-order valence-corrected chi connectivity index (χ2v) is 5.09. The number of hydrogen-bond acceptors (Lipinski definition) is 5. The van der Waals surface area contributed by atoms with Crippen molar-refractivity contribution in [1.82, 2.24) is 10.2 Å². The Morgan fingerprint density at radius 1 is 1.11 bits per heavy atom. The summed E-state index contributed by atoms with van der Waals surface area (Å²) < 4.78 is 0. The van der Waals surface area contributed by atoms with Gasteiger partial charge in [0.1, 0.15) is 5.01 Å². The molecule has 19 heavy (non-hydrogen) atoms. The number of amides is 2. The van der Waals surface area contributed by atoms with Crippen LogP contribution in [-0.2, 0) is 9.59 Å². The molecule has 0 aliphatic rings. The van der Waals surface area contributed by atoms with Gasteiger partial charge in [0.15, 0.2) is 0 Å². The van der Waals surface area contributed by atoms with Gasteiger partial charge in [0.2, 0.25) is 5.13 Å². The summed E-state index contributed by atoms with van der Waals surface area (Å²) in [6, 6.07) is 7.20. The van der Waals surface area contributed by atoms with Crippen LogP contribution in [0.3, 0.4) is 0 Å². The van der Waals surface area contributed by atoms with Crippen LogP contribution < -0.4 is 10.6 Å². The fraction of sp³-hybridized carbons (Fsp3) is 0.167. The van der Waals surface area contributed by atoms with Crippen molar-refractivity contribution in [3.05, 3.63) is 34.8 Å². The van der Waals surface area contributed by atoms with Crippen LogP contribution >= 0.6 is 11.3 Å². The van der Waals surface area contributed by atoms with Crippen LogP contribution in [0.25, 0.3) is 0 Å². The summed E-state index contributed by atoms with van der Waals surface area (Å²) in [7, 11) is 0. The largest absolute Gasteiger partial charge is 0.318 e. The van der Waals surface area contributed by atoms with E-state index in [1.807, 2.05) is 13.0 Å². The lowest BCUT2D eigenvalue weighted by Crippen LogP contribution is -2.29. The van der Waals surface area contributed by atoms with Crippen molar-refractivity contribution in [3.63, 3.8) is 0 Å². The maximum atomic E-state index is 11.7. The normalized spacial score (nSPS) is 10.0. The fourth-order valence-corrected chi connectivity index (χ4v) is 2.00. The van der Waals surface area contributed by atoms with Crippen LogP contribution in [0.5, 0.6) is 0 Å². The molecule has 0 bridgehead atoms. The molecular weight excluding hydrogens is 264 g/mol. The van der Waals surface area contributed by atoms with Gasteiger partial charge < -0.3 is 5.32 Å². The average Bonchev–Trinajstić information content (AvgIpc) is 2.74. The van der Waals surface area contributed by atoms with Gasteiger partial charge in [0, 0.05) is 5.69 Å². The van der Waals surface area contributed by atoms with Gasteiger partial charge in [-0.3, -0.25) is 14.9 Å². The average molecular weight is 276 g/mol. The first kappa shape index (κ1) is 13.2. The van der Waals surface area contributed by atoms with Crippen molar-refractivity contribution in [2.75, 3.05) is 10.6 Å². The summed E-state index contributed by atoms with van der Waals surface area (Å²) in [6.07, 6.45) is 0. The second kappa shape index (κ2) is 5.57. The highest BCUT2D eigenvalue weighted by molar-refractivity contribution is 7.15. The molecule has 0 saturated carbocycles. The quantitative estimate of drug-likeness (QED) is 0.818. The molecule has 7 heteroatoms. The standard InChI is InChI=1S/C12H12N4O2S/c1-7-4-3-5-9(6-7)13-10(17)11(18)14-12-16-15-8(2)19-12/h3-6H,1-2H3,(H,13,17)(H,14,16,18). The van der Waals surface area contributed by atoms with Gasteiger partial charge in [-0.05, 0) is 31.5 Å². The lowest BCUT2D eigenvalue weighted by Gasteiger charge is -2.05. The lowest BCUT2D eigenvalue weighted by molar-refractivity contribution is -0.133. The predicted molar refractivity (Wildman–Crippen MR) is 73.1 cm³/mol. The summed E-state index contributed by atoms with van der Waals surface area (Å²) in [6.45, 7) is 3.67. The first-order valence-electron chi connectivity index (χ1n) is 5.54. The minimum absolute atomic E-state index is 0.307. The van der Waals surface area contributed by atoms with E-state index in [1.165, 1.54) is 11.3 Å². The lowest BCUT2D eigenvalue weighted by atomic mass is 10.2. The van der Waals surface area contributed by atoms with E-state index < -0.39 is 11.8 Å². The summed E-state index contributed by atoms with van der Waals surface area (Å²) in [5, 5.41) is 13.4. The molecule has 0 atom stereocenters. The molecule has 0 saturated heterocycles. The summed E-state index contributed by atoms with van der Waals surface area (Å²) in [5.74, 6) is -1.50. The molecule has 1 aromatic heterocycles. The molecule has 2 amide bonds. The predicted octanol–water partition coefficient (Wildman–Crippen LogP) is 1.73. The zero-order chi connectivity index (χ0) is 13.8. The number of anilines is 2. The van der Waals surface area contributed by atoms with Crippen molar-refractivity contribution in [2.45, 2.75) is 13.8 Å². The van der Waals surface area contributed by atoms with Crippen LogP contribution in [-0.4, -0.2) is 22.0 Å². The van der Waals surface area contributed by atoms with Crippen LogP contribution in [0.1, 0.15) is 10.6 Å². The molecule has 2 rings (SSSR count). The first-order valence-corrected chi connectivity index (χ1v) is 6.35. The van der Waals surface area contributed by atoms with E-state index in [2.05, 4.69) is 20.8 Å². The molecule has 6 nitrogen and oxygen atoms in total. The number of aryl methyl sites for hydroxylation is 2. The highest BCUT2D eigenvalue weighted by atomic mass is 32.1. The smallest absolute Gasteiger partial charge is 0.315 e. The van der Waals surface area contributed by atoms with Crippen molar-refractivity contribution in [2.24, 2.45) is 0 Å². The minimum Gasteiger partial charge on any atom is -0.318 e. The fourth-order valence-electron chi connectivity index (χ4n) is 1.41. The Morgan fingerprint density at radius 3 is 2.47 bits per heavy atom. The molecule has 1 aromatic carbocycles. The molecule has 2 aromatic rings. The Morgan fingerprint density at radius 2 is 1.84 bits per heavy atom. The van der Waals surface area contributed by atoms with E-state index in [0.717, 1.165) is 10.6 Å². The zero-order valence-corrected chi connectivity index (χ0v) is 11.2. The van der Waals surface area contributed by atoms with E-state index in [9.17, 15) is 9.59 Å². The molecule has 0 radical (unpaired) electrons. The first-order chi connectivity index (χ1) is 9.04. The van der Waals surface area contributed by atoms with Crippen molar-refractivity contribution in [3.8, 4) is 0 Å². The number of nitrogens with zero attached hydrogens (tertiary/aromatic N) is 2. The number of aromatic nitrogens is 2. The number of nitrogens with one attached hydrogen (secondary N) is 2. The summed E-state index contributed by atoms with van der Waals surface area (Å²) in [5.41, 5.74) is 1.58. The Hall–Kier alpha value is -2.28. The van der Waals surface area contributed by atoms with Crippen molar-refractivity contribution < 1.29 is 9.59 Å². The molecule has 0 fully saturated rings. The Labute approximate surface area is 113 Å². The second-order valence-electron chi connectivity index (χ2n) is 3.90. The van der Waals surface area contributed by atoms with Gasteiger partial charge in [0.25, 0.3) is 0 Å². The maximum Gasteiger partial charge on any atom is 0.315 e. The van der Waals surface area contributed by atoms with Gasteiger partial charge in [-0.15, -0.1) is 10.2 Å². The highest BCUT2D eigenvalue weighted by Gasteiger charge is 2.15. The SMILES string of the molecule is Cc1cccc(NC(=O)C(=O)Nc2nnc(C)s2)c1. The third kappa shape index (κ3) is 3.59. The molecule has 0 aliphatic heterocycles. The van der Waals surface area contributed by atoms with E-state index in [4.69, 9.17) is 0 Å². The number of carbonyl (C=O) groups is 2. The highest BCUT2D eigenvalue weighted by Crippen LogP contribution is 2.14. The van der Waals surface area contributed by atoms with E-state index in [1.54, 1.807) is 25.1 Å². The van der Waals surface area contributed by atoms with Gasteiger partial charge >= 0.3 is 11.8 Å². The number of rotatable bonds is 2. The molecule has 98 valence electrons. The van der Waals surface area contributed by atoms with Gasteiger partial charge in [0.05, 0.1) is 0 Å². The van der Waals surface area contributed by atoms with E-state index in [-0.39, 0.29) is 0 Å². The molecule has 0 aliphatic carbocycles. The van der Waals surface area contributed by atoms with E-state index >= 15 is 0 Å². The zero-order valence-electron chi connectivity index (χ0n) is 10.4. The van der Waals surface area contributed by atoms with E-state index in [0.29, 0.717) is 10.8 Å². The van der Waals surface area contributed by atoms with Crippen molar-refractivity contribution in [1.29, 1.82) is 0 Å². The topological polar surface area (TPSA) is 84.0 Å². The third-order valence-electron chi connectivity index (χ3n) is 2.23. The number of carbonyl (C=O) groups excluding carboxylic acids is 2. The van der Waals surface area contributed by atoms with Crippen LogP contribution in [0.2, 0.25) is 0 Å². The maximum absolute atomic E-state index is 11.7. The molecular formula is C12H12N4O2S. The molecule has 2 N–H and O–H groups in total. The Kier molecular flexibility index (Phi) is 3.86. The molecule has 0 spiro atoms. The summed E-state index contributed by atoms with van der Waals surface area (Å²) in [4.78, 5) is 23.3. The van der Waals surface area contributed by atoms with Gasteiger partial charge in [-0.2, -0.15) is 0 Å². The number of hydrogen-bond donors (Lipinski definition) is 2. The van der Waals surface area contributed by atoms with Gasteiger partial charge in [-0.1, -0.05) is 23.5 Å². The molecule has 0 unspecified atom stereocenters. The van der Waals surface area contributed by atoms with Crippen LogP contribution in [0.15, 0.2) is 24.3 Å². The Bertz CT molecular complexity index is 624.